The number of rotatable bonds is 6. The van der Waals surface area contributed by atoms with E-state index in [1.54, 1.807) is 11.8 Å². The van der Waals surface area contributed by atoms with E-state index in [1.165, 1.54) is 5.56 Å². The van der Waals surface area contributed by atoms with Crippen molar-refractivity contribution in [1.29, 1.82) is 0 Å². The second-order valence-corrected chi connectivity index (χ2v) is 6.90. The first-order chi connectivity index (χ1) is 11.6. The highest BCUT2D eigenvalue weighted by atomic mass is 16.3. The topological polar surface area (TPSA) is 69.6 Å². The van der Waals surface area contributed by atoms with Crippen LogP contribution >= 0.6 is 0 Å². The van der Waals surface area contributed by atoms with Crippen LogP contribution in [0.3, 0.4) is 0 Å². The van der Waals surface area contributed by atoms with Gasteiger partial charge in [0.15, 0.2) is 0 Å². The van der Waals surface area contributed by atoms with E-state index < -0.39 is 0 Å². The van der Waals surface area contributed by atoms with Crippen molar-refractivity contribution in [2.75, 3.05) is 13.2 Å². The molecule has 0 bridgehead atoms. The number of aliphatic hydroxyl groups is 1. The van der Waals surface area contributed by atoms with Gasteiger partial charge < -0.3 is 15.3 Å². The zero-order chi connectivity index (χ0) is 17.1. The highest BCUT2D eigenvalue weighted by Gasteiger charge is 2.34. The number of aliphatic hydroxyl groups excluding tert-OH is 1. The van der Waals surface area contributed by atoms with E-state index in [1.807, 2.05) is 18.2 Å². The molecule has 1 aliphatic heterocycles. The average Bonchev–Trinajstić information content (AvgIpc) is 3.39. The molecule has 130 valence electrons. The predicted octanol–water partition coefficient (Wildman–Crippen LogP) is 1.80. The Kier molecular flexibility index (Phi) is 5.19. The Morgan fingerprint density at radius 2 is 2.08 bits per heavy atom. The van der Waals surface area contributed by atoms with Crippen LogP contribution in [0, 0.1) is 5.92 Å². The van der Waals surface area contributed by atoms with Gasteiger partial charge >= 0.3 is 0 Å². The van der Waals surface area contributed by atoms with Gasteiger partial charge in [0.2, 0.25) is 11.8 Å². The van der Waals surface area contributed by atoms with E-state index in [0.717, 1.165) is 24.8 Å². The molecule has 2 unspecified atom stereocenters. The molecule has 0 radical (unpaired) electrons. The van der Waals surface area contributed by atoms with Gasteiger partial charge in [0.05, 0.1) is 12.5 Å². The van der Waals surface area contributed by atoms with Gasteiger partial charge in [-0.05, 0) is 42.7 Å². The quantitative estimate of drug-likeness (QED) is 0.836. The van der Waals surface area contributed by atoms with Crippen LogP contribution in [-0.4, -0.2) is 41.0 Å². The lowest BCUT2D eigenvalue weighted by molar-refractivity contribution is -0.133. The monoisotopic (exact) mass is 330 g/mol. The zero-order valence-electron chi connectivity index (χ0n) is 14.2. The standard InChI is InChI=1S/C19H26N2O3/c1-13(23)21-10-8-14-4-2-3-5-16(14)18(21)12-19(24)20-17(9-11-22)15-6-7-15/h2-5,15,17-18,22H,6-12H2,1H3,(H,20,24). The Labute approximate surface area is 143 Å². The Morgan fingerprint density at radius 3 is 2.75 bits per heavy atom. The minimum absolute atomic E-state index is 0.0106. The summed E-state index contributed by atoms with van der Waals surface area (Å²) in [6, 6.07) is 7.94. The fraction of sp³-hybridized carbons (Fsp3) is 0.579. The normalized spacial score (nSPS) is 21.1. The van der Waals surface area contributed by atoms with Gasteiger partial charge in [-0.1, -0.05) is 24.3 Å². The molecule has 24 heavy (non-hydrogen) atoms. The molecule has 3 rings (SSSR count). The summed E-state index contributed by atoms with van der Waals surface area (Å²) in [5.41, 5.74) is 2.31. The molecule has 0 aromatic heterocycles. The third-order valence-corrected chi connectivity index (χ3v) is 5.17. The minimum Gasteiger partial charge on any atom is -0.396 e. The molecule has 0 spiro atoms. The minimum atomic E-state index is -0.193. The van der Waals surface area contributed by atoms with Crippen LogP contribution in [0.25, 0.3) is 0 Å². The lowest BCUT2D eigenvalue weighted by Gasteiger charge is -2.36. The van der Waals surface area contributed by atoms with Crippen molar-refractivity contribution in [3.8, 4) is 0 Å². The number of fused-ring (bicyclic) bond motifs is 1. The molecule has 2 N–H and O–H groups in total. The van der Waals surface area contributed by atoms with Crippen molar-refractivity contribution >= 4 is 11.8 Å². The highest BCUT2D eigenvalue weighted by Crippen LogP contribution is 2.35. The number of benzene rings is 1. The lowest BCUT2D eigenvalue weighted by atomic mass is 9.90. The Bertz CT molecular complexity index is 612. The highest BCUT2D eigenvalue weighted by molar-refractivity contribution is 5.80. The molecule has 2 atom stereocenters. The number of hydrogen-bond donors (Lipinski definition) is 2. The third kappa shape index (κ3) is 3.78. The van der Waals surface area contributed by atoms with E-state index in [2.05, 4.69) is 11.4 Å². The van der Waals surface area contributed by atoms with Crippen molar-refractivity contribution < 1.29 is 14.7 Å². The van der Waals surface area contributed by atoms with Gasteiger partial charge in [0.25, 0.3) is 0 Å². The predicted molar refractivity (Wildman–Crippen MR) is 91.2 cm³/mol. The van der Waals surface area contributed by atoms with Crippen LogP contribution in [0.2, 0.25) is 0 Å². The van der Waals surface area contributed by atoms with E-state index in [4.69, 9.17) is 0 Å². The number of carbonyl (C=O) groups excluding carboxylic acids is 2. The van der Waals surface area contributed by atoms with Gasteiger partial charge in [-0.25, -0.2) is 0 Å². The molecule has 1 aromatic rings. The van der Waals surface area contributed by atoms with Gasteiger partial charge in [-0.15, -0.1) is 0 Å². The van der Waals surface area contributed by atoms with Crippen molar-refractivity contribution in [2.45, 2.75) is 51.1 Å². The van der Waals surface area contributed by atoms with Gasteiger partial charge in [-0.3, -0.25) is 9.59 Å². The zero-order valence-corrected chi connectivity index (χ0v) is 14.2. The maximum Gasteiger partial charge on any atom is 0.222 e. The summed E-state index contributed by atoms with van der Waals surface area (Å²) in [7, 11) is 0. The number of amides is 2. The summed E-state index contributed by atoms with van der Waals surface area (Å²) in [4.78, 5) is 26.4. The van der Waals surface area contributed by atoms with Crippen LogP contribution in [0.1, 0.15) is 49.8 Å². The average molecular weight is 330 g/mol. The maximum atomic E-state index is 12.6. The molecule has 1 aromatic carbocycles. The molecular weight excluding hydrogens is 304 g/mol. The van der Waals surface area contributed by atoms with Gasteiger partial charge in [-0.2, -0.15) is 0 Å². The first-order valence-electron chi connectivity index (χ1n) is 8.85. The molecule has 1 aliphatic carbocycles. The van der Waals surface area contributed by atoms with E-state index in [0.29, 0.717) is 18.9 Å². The number of hydrogen-bond acceptors (Lipinski definition) is 3. The summed E-state index contributed by atoms with van der Waals surface area (Å²) >= 11 is 0. The van der Waals surface area contributed by atoms with Crippen molar-refractivity contribution in [3.63, 3.8) is 0 Å². The van der Waals surface area contributed by atoms with Crippen molar-refractivity contribution in [3.05, 3.63) is 35.4 Å². The Morgan fingerprint density at radius 1 is 1.33 bits per heavy atom. The van der Waals surface area contributed by atoms with Crippen LogP contribution in [-0.2, 0) is 16.0 Å². The first-order valence-corrected chi connectivity index (χ1v) is 8.85. The molecule has 1 fully saturated rings. The van der Waals surface area contributed by atoms with E-state index >= 15 is 0 Å². The van der Waals surface area contributed by atoms with Crippen LogP contribution in [0.15, 0.2) is 24.3 Å². The van der Waals surface area contributed by atoms with Crippen LogP contribution < -0.4 is 5.32 Å². The summed E-state index contributed by atoms with van der Waals surface area (Å²) in [5.74, 6) is 0.480. The van der Waals surface area contributed by atoms with Crippen LogP contribution in [0.4, 0.5) is 0 Å². The summed E-state index contributed by atoms with van der Waals surface area (Å²) < 4.78 is 0. The number of nitrogens with zero attached hydrogens (tertiary/aromatic N) is 1. The summed E-state index contributed by atoms with van der Waals surface area (Å²) in [5, 5.41) is 12.3. The van der Waals surface area contributed by atoms with Gasteiger partial charge in [0.1, 0.15) is 0 Å². The fourth-order valence-corrected chi connectivity index (χ4v) is 3.75. The summed E-state index contributed by atoms with van der Waals surface area (Å²) in [6.45, 7) is 2.32. The second-order valence-electron chi connectivity index (χ2n) is 6.90. The van der Waals surface area contributed by atoms with Gasteiger partial charge in [0, 0.05) is 26.1 Å². The Hall–Kier alpha value is -1.88. The summed E-state index contributed by atoms with van der Waals surface area (Å²) in [6.07, 6.45) is 3.97. The number of carbonyl (C=O) groups is 2. The van der Waals surface area contributed by atoms with E-state index in [9.17, 15) is 14.7 Å². The Balaban J connectivity index is 1.73. The molecule has 2 amide bonds. The molecule has 1 heterocycles. The fourth-order valence-electron chi connectivity index (χ4n) is 3.75. The van der Waals surface area contributed by atoms with Crippen molar-refractivity contribution in [2.24, 2.45) is 5.92 Å². The van der Waals surface area contributed by atoms with Crippen molar-refractivity contribution in [1.82, 2.24) is 10.2 Å². The third-order valence-electron chi connectivity index (χ3n) is 5.17. The second kappa shape index (κ2) is 7.34. The smallest absolute Gasteiger partial charge is 0.222 e. The first kappa shape index (κ1) is 17.0. The molecule has 5 heteroatoms. The van der Waals surface area contributed by atoms with E-state index in [-0.39, 0.29) is 36.9 Å². The SMILES string of the molecule is CC(=O)N1CCc2ccccc2C1CC(=O)NC(CCO)C1CC1. The molecule has 5 nitrogen and oxygen atoms in total. The number of nitrogens with one attached hydrogen (secondary N) is 1. The van der Waals surface area contributed by atoms with Crippen LogP contribution in [0.5, 0.6) is 0 Å². The molecule has 0 saturated heterocycles. The maximum absolute atomic E-state index is 12.6. The molecule has 2 aliphatic rings. The largest absolute Gasteiger partial charge is 0.396 e. The molecule has 1 saturated carbocycles. The lowest BCUT2D eigenvalue weighted by Crippen LogP contribution is -2.43. The molecular formula is C19H26N2O3.